The third-order valence-electron chi connectivity index (χ3n) is 4.64. The van der Waals surface area contributed by atoms with Gasteiger partial charge in [0.25, 0.3) is 5.91 Å². The van der Waals surface area contributed by atoms with Crippen molar-refractivity contribution in [2.45, 2.75) is 25.6 Å². The van der Waals surface area contributed by atoms with Gasteiger partial charge in [-0.1, -0.05) is 29.8 Å². The van der Waals surface area contributed by atoms with Crippen LogP contribution in [0.3, 0.4) is 0 Å². The van der Waals surface area contributed by atoms with Crippen molar-refractivity contribution in [1.29, 1.82) is 0 Å². The minimum Gasteiger partial charge on any atom is -0.347 e. The van der Waals surface area contributed by atoms with Gasteiger partial charge in [-0.3, -0.25) is 9.48 Å². The highest BCUT2D eigenvalue weighted by Gasteiger charge is 2.30. The van der Waals surface area contributed by atoms with Crippen LogP contribution in [0.1, 0.15) is 26.4 Å². The standard InChI is InChI=1S/C20H20ClF3N4OS/c1-11-10-26-28(2)17(11)15-8-16(30-18(15)21)19(29)27-14(9-25)7-12-4-3-5-13(6-12)20(22,23)24/h3-6,8,10,14H,7,9,25H2,1-2H3,(H,27,29)/t14-/m0/s1. The van der Waals surface area contributed by atoms with E-state index in [0.717, 1.165) is 34.7 Å². The lowest BCUT2D eigenvalue weighted by Gasteiger charge is -2.17. The van der Waals surface area contributed by atoms with Gasteiger partial charge >= 0.3 is 6.18 Å². The Morgan fingerprint density at radius 1 is 1.37 bits per heavy atom. The molecule has 0 aliphatic heterocycles. The number of hydrogen-bond acceptors (Lipinski definition) is 4. The van der Waals surface area contributed by atoms with Crippen molar-refractivity contribution in [3.8, 4) is 11.3 Å². The molecule has 2 heterocycles. The first-order valence-corrected chi connectivity index (χ1v) is 10.2. The van der Waals surface area contributed by atoms with E-state index >= 15 is 0 Å². The van der Waals surface area contributed by atoms with Crippen LogP contribution in [0.15, 0.2) is 36.5 Å². The molecule has 2 aromatic heterocycles. The van der Waals surface area contributed by atoms with Gasteiger partial charge in [-0.15, -0.1) is 11.3 Å². The molecular formula is C20H20ClF3N4OS. The van der Waals surface area contributed by atoms with Gasteiger partial charge < -0.3 is 11.1 Å². The zero-order valence-electron chi connectivity index (χ0n) is 16.3. The third kappa shape index (κ3) is 4.85. The number of thiophene rings is 1. The normalized spacial score (nSPS) is 12.8. The molecule has 0 saturated heterocycles. The number of carbonyl (C=O) groups excluding carboxylic acids is 1. The summed E-state index contributed by atoms with van der Waals surface area (Å²) in [5, 5.41) is 6.97. The van der Waals surface area contributed by atoms with Gasteiger partial charge in [0.15, 0.2) is 0 Å². The number of halogens is 4. The molecule has 5 nitrogen and oxygen atoms in total. The van der Waals surface area contributed by atoms with Crippen LogP contribution in [0, 0.1) is 6.92 Å². The molecule has 1 amide bonds. The van der Waals surface area contributed by atoms with E-state index in [4.69, 9.17) is 17.3 Å². The molecule has 0 unspecified atom stereocenters. The number of nitrogens with two attached hydrogens (primary N) is 1. The highest BCUT2D eigenvalue weighted by molar-refractivity contribution is 7.18. The summed E-state index contributed by atoms with van der Waals surface area (Å²) in [4.78, 5) is 13.1. The summed E-state index contributed by atoms with van der Waals surface area (Å²) in [7, 11) is 1.79. The molecule has 0 aliphatic carbocycles. The number of benzene rings is 1. The van der Waals surface area contributed by atoms with Crippen LogP contribution in [0.4, 0.5) is 13.2 Å². The first-order chi connectivity index (χ1) is 14.1. The van der Waals surface area contributed by atoms with Crippen LogP contribution >= 0.6 is 22.9 Å². The first kappa shape index (κ1) is 22.3. The van der Waals surface area contributed by atoms with Crippen molar-refractivity contribution in [3.05, 3.63) is 62.4 Å². The molecule has 3 aromatic rings. The molecule has 0 fully saturated rings. The summed E-state index contributed by atoms with van der Waals surface area (Å²) in [6, 6.07) is 6.16. The largest absolute Gasteiger partial charge is 0.416 e. The van der Waals surface area contributed by atoms with Crippen molar-refractivity contribution in [1.82, 2.24) is 15.1 Å². The van der Waals surface area contributed by atoms with Gasteiger partial charge in [0.05, 0.1) is 22.3 Å². The van der Waals surface area contributed by atoms with Crippen LogP contribution in [0.2, 0.25) is 4.34 Å². The van der Waals surface area contributed by atoms with Crippen molar-refractivity contribution >= 4 is 28.8 Å². The average molecular weight is 457 g/mol. The molecule has 160 valence electrons. The quantitative estimate of drug-likeness (QED) is 0.576. The molecule has 10 heteroatoms. The third-order valence-corrected chi connectivity index (χ3v) is 6.00. The maximum absolute atomic E-state index is 12.9. The minimum atomic E-state index is -4.43. The number of amides is 1. The van der Waals surface area contributed by atoms with Crippen molar-refractivity contribution < 1.29 is 18.0 Å². The summed E-state index contributed by atoms with van der Waals surface area (Å²) in [6.07, 6.45) is -2.53. The number of rotatable bonds is 6. The number of carbonyl (C=O) groups is 1. The van der Waals surface area contributed by atoms with E-state index < -0.39 is 17.8 Å². The van der Waals surface area contributed by atoms with Gasteiger partial charge in [-0.2, -0.15) is 18.3 Å². The highest BCUT2D eigenvalue weighted by Crippen LogP contribution is 2.37. The van der Waals surface area contributed by atoms with Crippen LogP contribution in [-0.4, -0.2) is 28.3 Å². The summed E-state index contributed by atoms with van der Waals surface area (Å²) >= 11 is 7.48. The van der Waals surface area contributed by atoms with Crippen LogP contribution in [0.5, 0.6) is 0 Å². The van der Waals surface area contributed by atoms with Crippen molar-refractivity contribution in [2.24, 2.45) is 12.8 Å². The summed E-state index contributed by atoms with van der Waals surface area (Å²) < 4.78 is 40.9. The van der Waals surface area contributed by atoms with Gasteiger partial charge in [-0.25, -0.2) is 0 Å². The molecule has 3 N–H and O–H groups in total. The molecule has 3 rings (SSSR count). The Labute approximate surface area is 180 Å². The minimum absolute atomic E-state index is 0.0782. The lowest BCUT2D eigenvalue weighted by atomic mass is 10.0. The number of aromatic nitrogens is 2. The topological polar surface area (TPSA) is 72.9 Å². The number of aryl methyl sites for hydroxylation is 2. The predicted octanol–water partition coefficient (Wildman–Crippen LogP) is 4.43. The monoisotopic (exact) mass is 456 g/mol. The SMILES string of the molecule is Cc1cnn(C)c1-c1cc(C(=O)N[C@H](CN)Cc2cccc(C(F)(F)F)c2)sc1Cl. The summed E-state index contributed by atoms with van der Waals surface area (Å²) in [6.45, 7) is 1.98. The second-order valence-corrected chi connectivity index (χ2v) is 8.56. The van der Waals surface area contributed by atoms with Gasteiger partial charge in [-0.05, 0) is 36.6 Å². The molecule has 0 saturated carbocycles. The smallest absolute Gasteiger partial charge is 0.347 e. The van der Waals surface area contributed by atoms with E-state index in [1.165, 1.54) is 6.07 Å². The van der Waals surface area contributed by atoms with E-state index in [0.29, 0.717) is 20.3 Å². The maximum atomic E-state index is 12.9. The second kappa shape index (κ2) is 8.79. The Morgan fingerprint density at radius 2 is 2.10 bits per heavy atom. The highest BCUT2D eigenvalue weighted by atomic mass is 35.5. The fourth-order valence-electron chi connectivity index (χ4n) is 3.19. The fraction of sp³-hybridized carbons (Fsp3) is 0.300. The first-order valence-electron chi connectivity index (χ1n) is 9.05. The van der Waals surface area contributed by atoms with Crippen LogP contribution in [-0.2, 0) is 19.6 Å². The Morgan fingerprint density at radius 3 is 2.70 bits per heavy atom. The second-order valence-electron chi connectivity index (χ2n) is 6.91. The molecule has 30 heavy (non-hydrogen) atoms. The molecule has 1 aromatic carbocycles. The van der Waals surface area contributed by atoms with Gasteiger partial charge in [0.1, 0.15) is 4.34 Å². The number of hydrogen-bond donors (Lipinski definition) is 2. The van der Waals surface area contributed by atoms with Crippen LogP contribution < -0.4 is 11.1 Å². The van der Waals surface area contributed by atoms with Crippen molar-refractivity contribution in [2.75, 3.05) is 6.54 Å². The molecule has 0 aliphatic rings. The number of alkyl halides is 3. The van der Waals surface area contributed by atoms with E-state index in [1.54, 1.807) is 30.1 Å². The molecule has 0 radical (unpaired) electrons. The maximum Gasteiger partial charge on any atom is 0.416 e. The Balaban J connectivity index is 1.76. The molecular weight excluding hydrogens is 437 g/mol. The van der Waals surface area contributed by atoms with Gasteiger partial charge in [0.2, 0.25) is 0 Å². The van der Waals surface area contributed by atoms with Crippen molar-refractivity contribution in [3.63, 3.8) is 0 Å². The van der Waals surface area contributed by atoms with E-state index in [2.05, 4.69) is 10.4 Å². The van der Waals surface area contributed by atoms with E-state index in [-0.39, 0.29) is 18.9 Å². The lowest BCUT2D eigenvalue weighted by molar-refractivity contribution is -0.137. The number of nitrogens with zero attached hydrogens (tertiary/aromatic N) is 2. The van der Waals surface area contributed by atoms with Crippen LogP contribution in [0.25, 0.3) is 11.3 Å². The van der Waals surface area contributed by atoms with E-state index in [1.807, 2.05) is 6.92 Å². The summed E-state index contributed by atoms with van der Waals surface area (Å²) in [5.74, 6) is -0.379. The van der Waals surface area contributed by atoms with E-state index in [9.17, 15) is 18.0 Å². The Hall–Kier alpha value is -2.36. The molecule has 0 bridgehead atoms. The Bertz CT molecular complexity index is 1040. The zero-order valence-corrected chi connectivity index (χ0v) is 17.8. The fourth-order valence-corrected chi connectivity index (χ4v) is 4.37. The predicted molar refractivity (Wildman–Crippen MR) is 112 cm³/mol. The Kier molecular flexibility index (Phi) is 6.54. The van der Waals surface area contributed by atoms with Gasteiger partial charge in [0, 0.05) is 25.2 Å². The number of nitrogens with one attached hydrogen (secondary N) is 1. The lowest BCUT2D eigenvalue weighted by Crippen LogP contribution is -2.41. The zero-order chi connectivity index (χ0) is 22.1. The molecule has 0 spiro atoms. The summed E-state index contributed by atoms with van der Waals surface area (Å²) in [5.41, 5.74) is 7.90. The molecule has 1 atom stereocenters. The average Bonchev–Trinajstić information content (AvgIpc) is 3.22.